The van der Waals surface area contributed by atoms with Crippen LogP contribution in [0.15, 0.2) is 24.4 Å². The molecule has 0 radical (unpaired) electrons. The molecule has 0 aromatic carbocycles. The first-order valence-electron chi connectivity index (χ1n) is 11.5. The standard InChI is InChI=1S/C24H37N3O3/c1-18(2)29-12-10-26-13-19-15-27(16-20(19)14-26)24(8-11-30-23(3,4)17-24)22(28)21-7-5-6-9-25-21/h5-7,9,18-20H,8,10-17H2,1-4H3. The van der Waals surface area contributed by atoms with E-state index in [1.807, 2.05) is 18.2 Å². The van der Waals surface area contributed by atoms with E-state index >= 15 is 0 Å². The highest BCUT2D eigenvalue weighted by Gasteiger charge is 2.55. The van der Waals surface area contributed by atoms with Crippen molar-refractivity contribution in [2.24, 2.45) is 11.8 Å². The fraction of sp³-hybridized carbons (Fsp3) is 0.750. The molecule has 4 heterocycles. The summed E-state index contributed by atoms with van der Waals surface area (Å²) in [4.78, 5) is 23.2. The van der Waals surface area contributed by atoms with Crippen molar-refractivity contribution in [1.82, 2.24) is 14.8 Å². The summed E-state index contributed by atoms with van der Waals surface area (Å²) in [6, 6.07) is 5.64. The molecule has 30 heavy (non-hydrogen) atoms. The van der Waals surface area contributed by atoms with Gasteiger partial charge >= 0.3 is 0 Å². The quantitative estimate of drug-likeness (QED) is 0.639. The summed E-state index contributed by atoms with van der Waals surface area (Å²) in [5.41, 5.74) is -0.230. The maximum Gasteiger partial charge on any atom is 0.201 e. The lowest BCUT2D eigenvalue weighted by Gasteiger charge is -2.49. The van der Waals surface area contributed by atoms with Crippen LogP contribution >= 0.6 is 0 Å². The molecule has 0 saturated carbocycles. The molecule has 3 aliphatic rings. The first-order valence-corrected chi connectivity index (χ1v) is 11.5. The summed E-state index contributed by atoms with van der Waals surface area (Å²) < 4.78 is 11.8. The lowest BCUT2D eigenvalue weighted by atomic mass is 9.76. The number of ketones is 1. The Morgan fingerprint density at radius 1 is 1.23 bits per heavy atom. The molecule has 1 aromatic rings. The zero-order valence-electron chi connectivity index (χ0n) is 19.0. The van der Waals surface area contributed by atoms with E-state index in [0.717, 1.165) is 52.2 Å². The zero-order valence-corrected chi connectivity index (χ0v) is 19.0. The van der Waals surface area contributed by atoms with E-state index in [-0.39, 0.29) is 17.5 Å². The Bertz CT molecular complexity index is 724. The van der Waals surface area contributed by atoms with Crippen LogP contribution in [-0.2, 0) is 9.47 Å². The number of aromatic nitrogens is 1. The Hall–Kier alpha value is -1.34. The van der Waals surface area contributed by atoms with Gasteiger partial charge in [0, 0.05) is 51.9 Å². The van der Waals surface area contributed by atoms with Crippen molar-refractivity contribution < 1.29 is 14.3 Å². The summed E-state index contributed by atoms with van der Waals surface area (Å²) in [5.74, 6) is 1.42. The Labute approximate surface area is 180 Å². The largest absolute Gasteiger partial charge is 0.377 e. The number of carbonyl (C=O) groups excluding carboxylic acids is 1. The SMILES string of the molecule is CC(C)OCCN1CC2CN(C3(C(=O)c4ccccn4)CCOC(C)(C)C3)CC2C1. The van der Waals surface area contributed by atoms with Crippen LogP contribution in [0.1, 0.15) is 51.0 Å². The highest BCUT2D eigenvalue weighted by Crippen LogP contribution is 2.43. The predicted octanol–water partition coefficient (Wildman–Crippen LogP) is 2.88. The van der Waals surface area contributed by atoms with Gasteiger partial charge in [0.2, 0.25) is 5.78 Å². The highest BCUT2D eigenvalue weighted by atomic mass is 16.5. The number of hydrogen-bond acceptors (Lipinski definition) is 6. The minimum Gasteiger partial charge on any atom is -0.377 e. The van der Waals surface area contributed by atoms with Crippen molar-refractivity contribution in [2.45, 2.75) is 57.8 Å². The van der Waals surface area contributed by atoms with E-state index in [4.69, 9.17) is 9.47 Å². The first kappa shape index (κ1) is 21.9. The van der Waals surface area contributed by atoms with Crippen molar-refractivity contribution >= 4 is 5.78 Å². The monoisotopic (exact) mass is 415 g/mol. The smallest absolute Gasteiger partial charge is 0.201 e. The van der Waals surface area contributed by atoms with Gasteiger partial charge in [-0.05, 0) is 58.1 Å². The van der Waals surface area contributed by atoms with Gasteiger partial charge in [0.15, 0.2) is 0 Å². The summed E-state index contributed by atoms with van der Waals surface area (Å²) in [7, 11) is 0. The number of pyridine rings is 1. The third-order valence-electron chi connectivity index (χ3n) is 7.07. The van der Waals surface area contributed by atoms with Crippen LogP contribution in [0.25, 0.3) is 0 Å². The first-order chi connectivity index (χ1) is 14.3. The van der Waals surface area contributed by atoms with Gasteiger partial charge in [-0.3, -0.25) is 14.7 Å². The maximum atomic E-state index is 13.8. The van der Waals surface area contributed by atoms with Crippen LogP contribution in [0.5, 0.6) is 0 Å². The van der Waals surface area contributed by atoms with Gasteiger partial charge in [0.1, 0.15) is 5.69 Å². The third-order valence-corrected chi connectivity index (χ3v) is 7.07. The van der Waals surface area contributed by atoms with Gasteiger partial charge in [-0.25, -0.2) is 0 Å². The van der Waals surface area contributed by atoms with Crippen LogP contribution in [0.3, 0.4) is 0 Å². The highest BCUT2D eigenvalue weighted by molar-refractivity contribution is 6.02. The Morgan fingerprint density at radius 2 is 1.97 bits per heavy atom. The molecule has 0 bridgehead atoms. The van der Waals surface area contributed by atoms with E-state index in [2.05, 4.69) is 42.5 Å². The summed E-state index contributed by atoms with van der Waals surface area (Å²) in [6.07, 6.45) is 3.48. The average Bonchev–Trinajstić information content (AvgIpc) is 3.26. The van der Waals surface area contributed by atoms with Crippen molar-refractivity contribution in [2.75, 3.05) is 45.9 Å². The third kappa shape index (κ3) is 4.47. The zero-order chi connectivity index (χ0) is 21.4. The number of fused-ring (bicyclic) bond motifs is 1. The van der Waals surface area contributed by atoms with Gasteiger partial charge in [0.25, 0.3) is 0 Å². The molecule has 4 rings (SSSR count). The van der Waals surface area contributed by atoms with Crippen LogP contribution in [0, 0.1) is 11.8 Å². The Balaban J connectivity index is 1.48. The van der Waals surface area contributed by atoms with Crippen LogP contribution in [0.4, 0.5) is 0 Å². The number of likely N-dealkylation sites (tertiary alicyclic amines) is 2. The molecule has 3 fully saturated rings. The van der Waals surface area contributed by atoms with Crippen molar-refractivity contribution in [3.8, 4) is 0 Å². The second kappa shape index (κ2) is 8.65. The van der Waals surface area contributed by atoms with E-state index in [9.17, 15) is 4.79 Å². The molecule has 3 unspecified atom stereocenters. The van der Waals surface area contributed by atoms with Crippen LogP contribution < -0.4 is 0 Å². The predicted molar refractivity (Wildman–Crippen MR) is 117 cm³/mol. The molecule has 0 N–H and O–H groups in total. The second-order valence-electron chi connectivity index (χ2n) is 10.2. The number of Topliss-reactive ketones (excluding diaryl/α,β-unsaturated/α-hetero) is 1. The van der Waals surface area contributed by atoms with E-state index < -0.39 is 5.54 Å². The molecule has 1 aromatic heterocycles. The fourth-order valence-corrected chi connectivity index (χ4v) is 5.72. The Morgan fingerprint density at radius 3 is 2.57 bits per heavy atom. The maximum absolute atomic E-state index is 13.8. The molecule has 0 spiro atoms. The molecular weight excluding hydrogens is 378 g/mol. The molecule has 0 aliphatic carbocycles. The van der Waals surface area contributed by atoms with E-state index in [0.29, 0.717) is 24.1 Å². The second-order valence-corrected chi connectivity index (χ2v) is 10.2. The fourth-order valence-electron chi connectivity index (χ4n) is 5.72. The van der Waals surface area contributed by atoms with Crippen molar-refractivity contribution in [3.05, 3.63) is 30.1 Å². The average molecular weight is 416 g/mol. The number of hydrogen-bond donors (Lipinski definition) is 0. The van der Waals surface area contributed by atoms with E-state index in [1.165, 1.54) is 0 Å². The molecule has 3 saturated heterocycles. The summed E-state index contributed by atoms with van der Waals surface area (Å²) >= 11 is 0. The lowest BCUT2D eigenvalue weighted by molar-refractivity contribution is -0.105. The van der Waals surface area contributed by atoms with Crippen molar-refractivity contribution in [3.63, 3.8) is 0 Å². The summed E-state index contributed by atoms with van der Waals surface area (Å²) in [6.45, 7) is 15.0. The molecule has 166 valence electrons. The molecule has 3 aliphatic heterocycles. The van der Waals surface area contributed by atoms with E-state index in [1.54, 1.807) is 6.20 Å². The number of ether oxygens (including phenoxy) is 2. The topological polar surface area (TPSA) is 54.9 Å². The molecule has 6 nitrogen and oxygen atoms in total. The van der Waals surface area contributed by atoms with Gasteiger partial charge in [0.05, 0.1) is 23.9 Å². The van der Waals surface area contributed by atoms with Gasteiger partial charge in [-0.1, -0.05) is 6.07 Å². The van der Waals surface area contributed by atoms with Crippen LogP contribution in [0.2, 0.25) is 0 Å². The minimum atomic E-state index is -0.508. The van der Waals surface area contributed by atoms with Crippen molar-refractivity contribution in [1.29, 1.82) is 0 Å². The number of rotatable bonds is 7. The van der Waals surface area contributed by atoms with Crippen LogP contribution in [-0.4, -0.2) is 83.7 Å². The van der Waals surface area contributed by atoms with Gasteiger partial charge < -0.3 is 14.4 Å². The summed E-state index contributed by atoms with van der Waals surface area (Å²) in [5, 5.41) is 0. The Kier molecular flexibility index (Phi) is 6.31. The number of nitrogens with zero attached hydrogens (tertiary/aromatic N) is 3. The minimum absolute atomic E-state index is 0.168. The molecule has 0 amide bonds. The van der Waals surface area contributed by atoms with Gasteiger partial charge in [-0.2, -0.15) is 0 Å². The normalized spacial score (nSPS) is 31.9. The van der Waals surface area contributed by atoms with Gasteiger partial charge in [-0.15, -0.1) is 0 Å². The molecule has 6 heteroatoms. The number of carbonyl (C=O) groups is 1. The lowest BCUT2D eigenvalue weighted by Crippen LogP contribution is -2.61. The molecule has 3 atom stereocenters. The molecular formula is C24H37N3O3.